The quantitative estimate of drug-likeness (QED) is 0.739. The number of rotatable bonds is 6. The molecule has 0 aromatic heterocycles. The standard InChI is InChI=1S/C7H12F3NO4S/c1-16(14,15)11-5(6(12)13)3-2-4-7(8,9)10/h5,11H,2-4H2,1H3,(H,12,13). The van der Waals surface area contributed by atoms with Gasteiger partial charge in [0.05, 0.1) is 6.26 Å². The lowest BCUT2D eigenvalue weighted by atomic mass is 10.1. The van der Waals surface area contributed by atoms with Gasteiger partial charge in [-0.25, -0.2) is 13.1 Å². The number of aliphatic carboxylic acids is 1. The van der Waals surface area contributed by atoms with E-state index in [0.29, 0.717) is 0 Å². The number of carbonyl (C=O) groups is 1. The van der Waals surface area contributed by atoms with Crippen LogP contribution in [0.15, 0.2) is 0 Å². The molecule has 1 atom stereocenters. The number of halogens is 3. The van der Waals surface area contributed by atoms with Crippen molar-refractivity contribution in [2.75, 3.05) is 6.26 Å². The fraction of sp³-hybridized carbons (Fsp3) is 0.857. The maximum Gasteiger partial charge on any atom is 0.389 e. The summed E-state index contributed by atoms with van der Waals surface area (Å²) in [6, 6.07) is -1.52. The molecule has 2 N–H and O–H groups in total. The SMILES string of the molecule is CS(=O)(=O)NC(CCCC(F)(F)F)C(=O)O. The molecule has 0 amide bonds. The molecule has 0 saturated heterocycles. The molecule has 0 radical (unpaired) electrons. The fourth-order valence-corrected chi connectivity index (χ4v) is 1.73. The minimum atomic E-state index is -4.37. The minimum Gasteiger partial charge on any atom is -0.480 e. The zero-order valence-corrected chi connectivity index (χ0v) is 9.23. The average molecular weight is 263 g/mol. The summed E-state index contributed by atoms with van der Waals surface area (Å²) in [5.74, 6) is -1.49. The van der Waals surface area contributed by atoms with Crippen LogP contribution in [0.1, 0.15) is 19.3 Å². The summed E-state index contributed by atoms with van der Waals surface area (Å²) in [4.78, 5) is 10.5. The Balaban J connectivity index is 4.22. The first-order valence-corrected chi connectivity index (χ1v) is 6.17. The first-order valence-electron chi connectivity index (χ1n) is 4.28. The van der Waals surface area contributed by atoms with E-state index in [2.05, 4.69) is 0 Å². The Morgan fingerprint density at radius 3 is 2.25 bits per heavy atom. The van der Waals surface area contributed by atoms with E-state index in [1.807, 2.05) is 0 Å². The van der Waals surface area contributed by atoms with E-state index >= 15 is 0 Å². The van der Waals surface area contributed by atoms with Crippen LogP contribution in [-0.2, 0) is 14.8 Å². The fourth-order valence-electron chi connectivity index (χ4n) is 0.998. The van der Waals surface area contributed by atoms with Crippen molar-refractivity contribution in [1.29, 1.82) is 0 Å². The third-order valence-corrected chi connectivity index (χ3v) is 2.32. The van der Waals surface area contributed by atoms with Gasteiger partial charge in [-0.3, -0.25) is 4.79 Å². The Labute approximate surface area is 90.7 Å². The molecule has 0 saturated carbocycles. The summed E-state index contributed by atoms with van der Waals surface area (Å²) in [7, 11) is -3.75. The van der Waals surface area contributed by atoms with Crippen molar-refractivity contribution in [2.45, 2.75) is 31.5 Å². The van der Waals surface area contributed by atoms with Crippen molar-refractivity contribution in [3.8, 4) is 0 Å². The zero-order valence-electron chi connectivity index (χ0n) is 8.41. The van der Waals surface area contributed by atoms with Crippen molar-refractivity contribution in [3.63, 3.8) is 0 Å². The van der Waals surface area contributed by atoms with Crippen molar-refractivity contribution < 1.29 is 31.5 Å². The van der Waals surface area contributed by atoms with Gasteiger partial charge in [-0.2, -0.15) is 13.2 Å². The van der Waals surface area contributed by atoms with Crippen LogP contribution in [0, 0.1) is 0 Å². The number of carboxylic acid groups (broad SMARTS) is 1. The average Bonchev–Trinajstić information content (AvgIpc) is 1.97. The molecule has 96 valence electrons. The van der Waals surface area contributed by atoms with Gasteiger partial charge in [0.25, 0.3) is 0 Å². The van der Waals surface area contributed by atoms with Gasteiger partial charge in [-0.05, 0) is 12.8 Å². The lowest BCUT2D eigenvalue weighted by molar-refractivity contribution is -0.142. The van der Waals surface area contributed by atoms with Crippen LogP contribution < -0.4 is 4.72 Å². The number of sulfonamides is 1. The molecule has 0 bridgehead atoms. The molecule has 16 heavy (non-hydrogen) atoms. The van der Waals surface area contributed by atoms with Crippen LogP contribution in [0.4, 0.5) is 13.2 Å². The summed E-state index contributed by atoms with van der Waals surface area (Å²) >= 11 is 0. The monoisotopic (exact) mass is 263 g/mol. The van der Waals surface area contributed by atoms with Gasteiger partial charge in [0.1, 0.15) is 6.04 Å². The Kier molecular flexibility index (Phi) is 5.20. The lowest BCUT2D eigenvalue weighted by Crippen LogP contribution is -2.40. The lowest BCUT2D eigenvalue weighted by Gasteiger charge is -2.13. The van der Waals surface area contributed by atoms with Gasteiger partial charge in [0, 0.05) is 6.42 Å². The molecule has 0 heterocycles. The second kappa shape index (κ2) is 5.48. The highest BCUT2D eigenvalue weighted by molar-refractivity contribution is 7.88. The van der Waals surface area contributed by atoms with Gasteiger partial charge in [0.15, 0.2) is 0 Å². The van der Waals surface area contributed by atoms with E-state index in [1.165, 1.54) is 0 Å². The van der Waals surface area contributed by atoms with Crippen LogP contribution in [0.5, 0.6) is 0 Å². The topological polar surface area (TPSA) is 83.5 Å². The highest BCUT2D eigenvalue weighted by Crippen LogP contribution is 2.22. The normalized spacial score (nSPS) is 14.8. The number of hydrogen-bond donors (Lipinski definition) is 2. The van der Waals surface area contributed by atoms with Crippen molar-refractivity contribution in [1.82, 2.24) is 4.72 Å². The summed E-state index contributed by atoms with van der Waals surface area (Å²) < 4.78 is 58.4. The maximum absolute atomic E-state index is 11.8. The third kappa shape index (κ3) is 8.48. The van der Waals surface area contributed by atoms with Crippen molar-refractivity contribution >= 4 is 16.0 Å². The number of nitrogens with one attached hydrogen (secondary N) is 1. The summed E-state index contributed by atoms with van der Waals surface area (Å²) in [6.07, 6.45) is -5.60. The first-order chi connectivity index (χ1) is 7.01. The summed E-state index contributed by atoms with van der Waals surface area (Å²) in [5.41, 5.74) is 0. The molecular formula is C7H12F3NO4S. The minimum absolute atomic E-state index is 0.401. The molecule has 0 aromatic rings. The smallest absolute Gasteiger partial charge is 0.389 e. The first kappa shape index (κ1) is 15.2. The largest absolute Gasteiger partial charge is 0.480 e. The molecule has 0 aliphatic rings. The van der Waals surface area contributed by atoms with E-state index in [-0.39, 0.29) is 0 Å². The molecule has 1 unspecified atom stereocenters. The Morgan fingerprint density at radius 2 is 1.94 bits per heavy atom. The number of carboxylic acids is 1. The summed E-state index contributed by atoms with van der Waals surface area (Å²) in [6.45, 7) is 0. The molecule has 0 aliphatic carbocycles. The number of hydrogen-bond acceptors (Lipinski definition) is 3. The van der Waals surface area contributed by atoms with Crippen LogP contribution in [0.25, 0.3) is 0 Å². The Morgan fingerprint density at radius 1 is 1.44 bits per heavy atom. The van der Waals surface area contributed by atoms with Gasteiger partial charge in [-0.1, -0.05) is 0 Å². The molecule has 5 nitrogen and oxygen atoms in total. The third-order valence-electron chi connectivity index (χ3n) is 1.61. The predicted octanol–water partition coefficient (Wildman–Crippen LogP) is 0.721. The van der Waals surface area contributed by atoms with E-state index in [4.69, 9.17) is 5.11 Å². The second-order valence-corrected chi connectivity index (χ2v) is 5.07. The molecule has 0 fully saturated rings. The van der Waals surface area contributed by atoms with Crippen LogP contribution in [-0.4, -0.2) is 38.0 Å². The highest BCUT2D eigenvalue weighted by Gasteiger charge is 2.28. The van der Waals surface area contributed by atoms with Crippen LogP contribution >= 0.6 is 0 Å². The van der Waals surface area contributed by atoms with Gasteiger partial charge < -0.3 is 5.11 Å². The molecular weight excluding hydrogens is 251 g/mol. The van der Waals surface area contributed by atoms with Crippen LogP contribution in [0.3, 0.4) is 0 Å². The van der Waals surface area contributed by atoms with Crippen LogP contribution in [0.2, 0.25) is 0 Å². The second-order valence-electron chi connectivity index (χ2n) is 3.29. The highest BCUT2D eigenvalue weighted by atomic mass is 32.2. The Bertz CT molecular complexity index is 338. The molecule has 0 aliphatic heterocycles. The van der Waals surface area contributed by atoms with Gasteiger partial charge in [-0.15, -0.1) is 0 Å². The number of alkyl halides is 3. The van der Waals surface area contributed by atoms with E-state index < -0.39 is 47.5 Å². The Hall–Kier alpha value is -0.830. The summed E-state index contributed by atoms with van der Waals surface area (Å²) in [5, 5.41) is 8.56. The zero-order chi connectivity index (χ0) is 13.0. The van der Waals surface area contributed by atoms with Gasteiger partial charge >= 0.3 is 12.1 Å². The van der Waals surface area contributed by atoms with Crippen molar-refractivity contribution in [3.05, 3.63) is 0 Å². The van der Waals surface area contributed by atoms with Gasteiger partial charge in [0.2, 0.25) is 10.0 Å². The van der Waals surface area contributed by atoms with Crippen molar-refractivity contribution in [2.24, 2.45) is 0 Å². The molecule has 9 heteroatoms. The van der Waals surface area contributed by atoms with E-state index in [1.54, 1.807) is 4.72 Å². The molecule has 0 rings (SSSR count). The van der Waals surface area contributed by atoms with E-state index in [0.717, 1.165) is 6.26 Å². The maximum atomic E-state index is 11.8. The predicted molar refractivity (Wildman–Crippen MR) is 49.3 cm³/mol. The molecule has 0 spiro atoms. The van der Waals surface area contributed by atoms with E-state index in [9.17, 15) is 26.4 Å². The molecule has 0 aromatic carbocycles.